The molecule has 1 amide bonds. The summed E-state index contributed by atoms with van der Waals surface area (Å²) in [5.41, 5.74) is 2.03. The van der Waals surface area contributed by atoms with Crippen LogP contribution < -0.4 is 5.32 Å². The van der Waals surface area contributed by atoms with E-state index < -0.39 is 6.10 Å². The van der Waals surface area contributed by atoms with Crippen LogP contribution in [0, 0.1) is 0 Å². The van der Waals surface area contributed by atoms with E-state index in [1.165, 1.54) is 11.3 Å². The van der Waals surface area contributed by atoms with Gasteiger partial charge in [0.05, 0.1) is 17.0 Å². The second-order valence-electron chi connectivity index (χ2n) is 5.42. The van der Waals surface area contributed by atoms with Crippen LogP contribution in [-0.4, -0.2) is 22.9 Å². The van der Waals surface area contributed by atoms with Crippen molar-refractivity contribution < 1.29 is 14.7 Å². The number of fused-ring (bicyclic) bond motifs is 1. The first kappa shape index (κ1) is 14.9. The van der Waals surface area contributed by atoms with E-state index >= 15 is 0 Å². The molecular formula is C17H17NO3S. The third-order valence-corrected chi connectivity index (χ3v) is 4.81. The predicted octanol–water partition coefficient (Wildman–Crippen LogP) is 2.49. The second kappa shape index (κ2) is 6.42. The maximum absolute atomic E-state index is 12.1. The first-order valence-electron chi connectivity index (χ1n) is 7.27. The molecule has 1 aromatic heterocycles. The number of thiophene rings is 1. The quantitative estimate of drug-likeness (QED) is 0.833. The number of ketones is 1. The van der Waals surface area contributed by atoms with Crippen molar-refractivity contribution in [2.75, 3.05) is 0 Å². The Hall–Kier alpha value is -1.98. The molecule has 4 nitrogen and oxygen atoms in total. The number of aliphatic hydroxyl groups is 1. The number of aliphatic hydroxyl groups excluding tert-OH is 1. The second-order valence-corrected chi connectivity index (χ2v) is 6.36. The molecule has 0 radical (unpaired) electrons. The summed E-state index contributed by atoms with van der Waals surface area (Å²) in [6, 6.07) is 10.9. The fourth-order valence-corrected chi connectivity index (χ4v) is 3.48. The van der Waals surface area contributed by atoms with Gasteiger partial charge in [-0.1, -0.05) is 30.3 Å². The van der Waals surface area contributed by atoms with Crippen LogP contribution in [0.4, 0.5) is 0 Å². The molecule has 114 valence electrons. The molecule has 0 bridgehead atoms. The monoisotopic (exact) mass is 315 g/mol. The van der Waals surface area contributed by atoms with Crippen LogP contribution in [-0.2, 0) is 11.2 Å². The Bertz CT molecular complexity index is 681. The van der Waals surface area contributed by atoms with Crippen molar-refractivity contribution in [1.82, 2.24) is 5.32 Å². The predicted molar refractivity (Wildman–Crippen MR) is 84.9 cm³/mol. The molecule has 5 heteroatoms. The molecule has 2 aromatic rings. The highest BCUT2D eigenvalue weighted by molar-refractivity contribution is 7.12. The minimum Gasteiger partial charge on any atom is -0.390 e. The van der Waals surface area contributed by atoms with Gasteiger partial charge in [-0.3, -0.25) is 9.59 Å². The number of carbonyl (C=O) groups is 2. The first-order valence-corrected chi connectivity index (χ1v) is 8.15. The molecule has 2 unspecified atom stereocenters. The Kier molecular flexibility index (Phi) is 4.36. The molecule has 22 heavy (non-hydrogen) atoms. The minimum atomic E-state index is -0.602. The van der Waals surface area contributed by atoms with Crippen LogP contribution in [0.2, 0.25) is 0 Å². The summed E-state index contributed by atoms with van der Waals surface area (Å²) >= 11 is 1.39. The Morgan fingerprint density at radius 3 is 2.77 bits per heavy atom. The van der Waals surface area contributed by atoms with Gasteiger partial charge in [-0.2, -0.15) is 0 Å². The van der Waals surface area contributed by atoms with Crippen molar-refractivity contribution in [3.63, 3.8) is 0 Å². The molecule has 0 fully saturated rings. The maximum atomic E-state index is 12.1. The Morgan fingerprint density at radius 2 is 2.00 bits per heavy atom. The zero-order valence-corrected chi connectivity index (χ0v) is 12.8. The fourth-order valence-electron chi connectivity index (χ4n) is 2.78. The molecule has 0 saturated carbocycles. The molecule has 0 saturated heterocycles. The summed E-state index contributed by atoms with van der Waals surface area (Å²) in [6.07, 6.45) is 0.281. The number of hydrogen-bond acceptors (Lipinski definition) is 4. The van der Waals surface area contributed by atoms with Crippen molar-refractivity contribution in [2.45, 2.75) is 31.4 Å². The SMILES string of the molecule is O=C(CCC(=O)c1cccs1)NC1c2ccccc2CC1O. The van der Waals surface area contributed by atoms with Gasteiger partial charge in [0.1, 0.15) is 0 Å². The van der Waals surface area contributed by atoms with Crippen LogP contribution in [0.1, 0.15) is 39.7 Å². The van der Waals surface area contributed by atoms with Crippen molar-refractivity contribution in [3.8, 4) is 0 Å². The van der Waals surface area contributed by atoms with Gasteiger partial charge in [0.2, 0.25) is 5.91 Å². The lowest BCUT2D eigenvalue weighted by atomic mass is 10.1. The van der Waals surface area contributed by atoms with E-state index in [2.05, 4.69) is 5.32 Å². The smallest absolute Gasteiger partial charge is 0.221 e. The number of benzene rings is 1. The highest BCUT2D eigenvalue weighted by Crippen LogP contribution is 2.31. The molecule has 0 aliphatic heterocycles. The molecule has 0 spiro atoms. The van der Waals surface area contributed by atoms with E-state index in [-0.39, 0.29) is 30.6 Å². The van der Waals surface area contributed by atoms with E-state index in [9.17, 15) is 14.7 Å². The van der Waals surface area contributed by atoms with E-state index in [4.69, 9.17) is 0 Å². The minimum absolute atomic E-state index is 0.0162. The normalized spacial score (nSPS) is 19.7. The topological polar surface area (TPSA) is 66.4 Å². The summed E-state index contributed by atoms with van der Waals surface area (Å²) < 4.78 is 0. The van der Waals surface area contributed by atoms with Gasteiger partial charge in [-0.05, 0) is 22.6 Å². The molecule has 1 aliphatic rings. The van der Waals surface area contributed by atoms with Crippen LogP contribution in [0.3, 0.4) is 0 Å². The summed E-state index contributed by atoms with van der Waals surface area (Å²) in [4.78, 5) is 24.6. The van der Waals surface area contributed by atoms with Gasteiger partial charge in [-0.25, -0.2) is 0 Å². The maximum Gasteiger partial charge on any atom is 0.221 e. The number of carbonyl (C=O) groups excluding carboxylic acids is 2. The lowest BCUT2D eigenvalue weighted by Crippen LogP contribution is -2.33. The first-order chi connectivity index (χ1) is 10.6. The fraction of sp³-hybridized carbons (Fsp3) is 0.294. The van der Waals surface area contributed by atoms with Gasteiger partial charge in [0.15, 0.2) is 5.78 Å². The van der Waals surface area contributed by atoms with Gasteiger partial charge in [-0.15, -0.1) is 11.3 Å². The van der Waals surface area contributed by atoms with Gasteiger partial charge in [0, 0.05) is 19.3 Å². The summed E-state index contributed by atoms with van der Waals surface area (Å²) in [5, 5.41) is 14.8. The Balaban J connectivity index is 1.57. The van der Waals surface area contributed by atoms with Gasteiger partial charge in [0.25, 0.3) is 0 Å². The number of rotatable bonds is 5. The van der Waals surface area contributed by atoms with Crippen LogP contribution in [0.25, 0.3) is 0 Å². The third kappa shape index (κ3) is 3.10. The summed E-state index contributed by atoms with van der Waals surface area (Å²) in [5.74, 6) is -0.219. The number of amides is 1. The van der Waals surface area contributed by atoms with Crippen LogP contribution in [0.15, 0.2) is 41.8 Å². The molecule has 2 N–H and O–H groups in total. The highest BCUT2D eigenvalue weighted by Gasteiger charge is 2.31. The molecule has 2 atom stereocenters. The molecular weight excluding hydrogens is 298 g/mol. The Labute approximate surface area is 132 Å². The average molecular weight is 315 g/mol. The molecule has 1 heterocycles. The van der Waals surface area contributed by atoms with E-state index in [0.29, 0.717) is 11.3 Å². The Morgan fingerprint density at radius 1 is 1.18 bits per heavy atom. The van der Waals surface area contributed by atoms with Gasteiger partial charge < -0.3 is 10.4 Å². The van der Waals surface area contributed by atoms with Crippen LogP contribution >= 0.6 is 11.3 Å². The lowest BCUT2D eigenvalue weighted by Gasteiger charge is -2.17. The summed E-state index contributed by atoms with van der Waals surface area (Å²) in [7, 11) is 0. The number of Topliss-reactive ketones (excluding diaryl/α,β-unsaturated/α-hetero) is 1. The summed E-state index contributed by atoms with van der Waals surface area (Å²) in [6.45, 7) is 0. The van der Waals surface area contributed by atoms with Crippen molar-refractivity contribution in [2.24, 2.45) is 0 Å². The molecule has 1 aromatic carbocycles. The third-order valence-electron chi connectivity index (χ3n) is 3.90. The number of nitrogens with one attached hydrogen (secondary N) is 1. The van der Waals surface area contributed by atoms with Crippen LogP contribution in [0.5, 0.6) is 0 Å². The highest BCUT2D eigenvalue weighted by atomic mass is 32.1. The van der Waals surface area contributed by atoms with Crippen molar-refractivity contribution in [1.29, 1.82) is 0 Å². The molecule has 1 aliphatic carbocycles. The molecule has 3 rings (SSSR count). The standard InChI is InChI=1S/C17H17NO3S/c19-13(15-6-3-9-22-15)7-8-16(21)18-17-12-5-2-1-4-11(12)10-14(17)20/h1-6,9,14,17,20H,7-8,10H2,(H,18,21). The lowest BCUT2D eigenvalue weighted by molar-refractivity contribution is -0.122. The zero-order chi connectivity index (χ0) is 15.5. The van der Waals surface area contributed by atoms with Gasteiger partial charge >= 0.3 is 0 Å². The average Bonchev–Trinajstić information content (AvgIpc) is 3.14. The van der Waals surface area contributed by atoms with E-state index in [0.717, 1.165) is 11.1 Å². The largest absolute Gasteiger partial charge is 0.390 e. The zero-order valence-electron chi connectivity index (χ0n) is 12.0. The van der Waals surface area contributed by atoms with E-state index in [1.54, 1.807) is 6.07 Å². The van der Waals surface area contributed by atoms with Crippen molar-refractivity contribution in [3.05, 3.63) is 57.8 Å². The van der Waals surface area contributed by atoms with Crippen molar-refractivity contribution >= 4 is 23.0 Å². The number of hydrogen-bond donors (Lipinski definition) is 2. The van der Waals surface area contributed by atoms with E-state index in [1.807, 2.05) is 35.7 Å².